The van der Waals surface area contributed by atoms with Crippen LogP contribution in [-0.2, 0) is 4.79 Å². The van der Waals surface area contributed by atoms with Crippen LogP contribution in [0.2, 0.25) is 0 Å². The molecule has 0 aliphatic heterocycles. The SMILES string of the molecule is Cc1cc(C(=O)CCC(=O)N(C)C(C)c2ccc(F)c(F)c2)c(C)s1. The van der Waals surface area contributed by atoms with Gasteiger partial charge in [0.2, 0.25) is 5.91 Å². The second kappa shape index (κ2) is 7.87. The van der Waals surface area contributed by atoms with Gasteiger partial charge in [-0.3, -0.25) is 9.59 Å². The van der Waals surface area contributed by atoms with Crippen LogP contribution in [0.5, 0.6) is 0 Å². The first-order valence-corrected chi connectivity index (χ1v) is 8.83. The van der Waals surface area contributed by atoms with E-state index >= 15 is 0 Å². The molecule has 1 atom stereocenters. The van der Waals surface area contributed by atoms with Crippen molar-refractivity contribution in [2.75, 3.05) is 7.05 Å². The summed E-state index contributed by atoms with van der Waals surface area (Å²) in [5.74, 6) is -2.13. The minimum atomic E-state index is -0.941. The molecule has 1 heterocycles. The molecule has 0 N–H and O–H groups in total. The Labute approximate surface area is 150 Å². The van der Waals surface area contributed by atoms with Gasteiger partial charge in [0, 0.05) is 35.2 Å². The van der Waals surface area contributed by atoms with Crippen molar-refractivity contribution in [3.63, 3.8) is 0 Å². The van der Waals surface area contributed by atoms with E-state index in [1.165, 1.54) is 11.0 Å². The lowest BCUT2D eigenvalue weighted by Gasteiger charge is -2.25. The summed E-state index contributed by atoms with van der Waals surface area (Å²) in [6, 6.07) is 5.02. The molecular formula is C19H21F2NO2S. The van der Waals surface area contributed by atoms with Crippen molar-refractivity contribution in [2.24, 2.45) is 0 Å². The number of hydrogen-bond donors (Lipinski definition) is 0. The molecule has 1 aromatic carbocycles. The predicted octanol–water partition coefficient (Wildman–Crippen LogP) is 4.83. The van der Waals surface area contributed by atoms with Crippen molar-refractivity contribution in [3.8, 4) is 0 Å². The van der Waals surface area contributed by atoms with E-state index in [1.807, 2.05) is 19.9 Å². The quantitative estimate of drug-likeness (QED) is 0.688. The molecule has 3 nitrogen and oxygen atoms in total. The topological polar surface area (TPSA) is 37.4 Å². The minimum Gasteiger partial charge on any atom is -0.339 e. The molecule has 1 aromatic heterocycles. The highest BCUT2D eigenvalue weighted by atomic mass is 32.1. The van der Waals surface area contributed by atoms with Gasteiger partial charge in [-0.1, -0.05) is 6.07 Å². The van der Waals surface area contributed by atoms with Crippen molar-refractivity contribution in [2.45, 2.75) is 39.7 Å². The number of amides is 1. The number of halogens is 2. The normalized spacial score (nSPS) is 12.1. The average Bonchev–Trinajstić information content (AvgIpc) is 2.91. The van der Waals surface area contributed by atoms with Crippen LogP contribution < -0.4 is 0 Å². The third-order valence-corrected chi connectivity index (χ3v) is 5.27. The van der Waals surface area contributed by atoms with Crippen molar-refractivity contribution in [3.05, 3.63) is 56.8 Å². The Kier molecular flexibility index (Phi) is 6.06. The second-order valence-electron chi connectivity index (χ2n) is 6.10. The van der Waals surface area contributed by atoms with E-state index in [4.69, 9.17) is 0 Å². The summed E-state index contributed by atoms with van der Waals surface area (Å²) in [6.45, 7) is 5.57. The fraction of sp³-hybridized carbons (Fsp3) is 0.368. The fourth-order valence-electron chi connectivity index (χ4n) is 2.65. The summed E-state index contributed by atoms with van der Waals surface area (Å²) in [5, 5.41) is 0. The van der Waals surface area contributed by atoms with E-state index in [0.29, 0.717) is 11.1 Å². The number of rotatable bonds is 6. The Balaban J connectivity index is 1.98. The van der Waals surface area contributed by atoms with Gasteiger partial charge < -0.3 is 4.90 Å². The standard InChI is InChI=1S/C19H21F2NO2S/c1-11-9-15(13(3)25-11)18(23)7-8-19(24)22(4)12(2)14-5-6-16(20)17(21)10-14/h5-6,9-10,12H,7-8H2,1-4H3. The third kappa shape index (κ3) is 4.51. The van der Waals surface area contributed by atoms with Crippen molar-refractivity contribution >= 4 is 23.0 Å². The predicted molar refractivity (Wildman–Crippen MR) is 94.9 cm³/mol. The van der Waals surface area contributed by atoms with Gasteiger partial charge in [0.1, 0.15) is 0 Å². The largest absolute Gasteiger partial charge is 0.339 e. The van der Waals surface area contributed by atoms with Gasteiger partial charge in [0.15, 0.2) is 17.4 Å². The number of Topliss-reactive ketones (excluding diaryl/α,β-unsaturated/α-hetero) is 1. The molecular weight excluding hydrogens is 344 g/mol. The number of ketones is 1. The lowest BCUT2D eigenvalue weighted by Crippen LogP contribution is -2.30. The highest BCUT2D eigenvalue weighted by Crippen LogP contribution is 2.24. The van der Waals surface area contributed by atoms with Gasteiger partial charge in [0.25, 0.3) is 0 Å². The zero-order valence-corrected chi connectivity index (χ0v) is 15.5. The molecule has 0 aliphatic rings. The Bertz CT molecular complexity index is 801. The summed E-state index contributed by atoms with van der Waals surface area (Å²) in [4.78, 5) is 28.1. The maximum atomic E-state index is 13.4. The van der Waals surface area contributed by atoms with E-state index in [9.17, 15) is 18.4 Å². The fourth-order valence-corrected chi connectivity index (χ4v) is 3.59. The van der Waals surface area contributed by atoms with Crippen molar-refractivity contribution in [1.29, 1.82) is 0 Å². The molecule has 0 aliphatic carbocycles. The molecule has 25 heavy (non-hydrogen) atoms. The number of carbonyl (C=O) groups excluding carboxylic acids is 2. The average molecular weight is 365 g/mol. The summed E-state index contributed by atoms with van der Waals surface area (Å²) in [5.41, 5.74) is 1.18. The highest BCUT2D eigenvalue weighted by Gasteiger charge is 2.20. The molecule has 6 heteroatoms. The summed E-state index contributed by atoms with van der Waals surface area (Å²) in [6.07, 6.45) is 0.211. The van der Waals surface area contributed by atoms with Gasteiger partial charge >= 0.3 is 0 Å². The lowest BCUT2D eigenvalue weighted by atomic mass is 10.0. The Morgan fingerprint density at radius 3 is 2.36 bits per heavy atom. The Morgan fingerprint density at radius 1 is 1.12 bits per heavy atom. The number of hydrogen-bond acceptors (Lipinski definition) is 3. The number of thiophene rings is 1. The molecule has 1 unspecified atom stereocenters. The molecule has 0 radical (unpaired) electrons. The van der Waals surface area contributed by atoms with E-state index in [-0.39, 0.29) is 24.5 Å². The Hall–Kier alpha value is -2.08. The van der Waals surface area contributed by atoms with Gasteiger partial charge in [-0.25, -0.2) is 8.78 Å². The Morgan fingerprint density at radius 2 is 1.80 bits per heavy atom. The maximum absolute atomic E-state index is 13.4. The molecule has 0 saturated heterocycles. The molecule has 134 valence electrons. The highest BCUT2D eigenvalue weighted by molar-refractivity contribution is 7.12. The van der Waals surface area contributed by atoms with Crippen molar-refractivity contribution < 1.29 is 18.4 Å². The molecule has 0 saturated carbocycles. The molecule has 0 spiro atoms. The van der Waals surface area contributed by atoms with Crippen LogP contribution in [0.25, 0.3) is 0 Å². The lowest BCUT2D eigenvalue weighted by molar-refractivity contribution is -0.131. The van der Waals surface area contributed by atoms with Crippen LogP contribution in [0, 0.1) is 25.5 Å². The zero-order valence-electron chi connectivity index (χ0n) is 14.7. The molecule has 0 bridgehead atoms. The van der Waals surface area contributed by atoms with Gasteiger partial charge in [-0.2, -0.15) is 0 Å². The number of benzene rings is 1. The van der Waals surface area contributed by atoms with Gasteiger partial charge in [-0.05, 0) is 44.5 Å². The molecule has 2 rings (SSSR count). The summed E-state index contributed by atoms with van der Waals surface area (Å²) < 4.78 is 26.4. The van der Waals surface area contributed by atoms with Gasteiger partial charge in [-0.15, -0.1) is 11.3 Å². The summed E-state index contributed by atoms with van der Waals surface area (Å²) in [7, 11) is 1.60. The molecule has 1 amide bonds. The third-order valence-electron chi connectivity index (χ3n) is 4.31. The van der Waals surface area contributed by atoms with Crippen molar-refractivity contribution in [1.82, 2.24) is 4.90 Å². The zero-order chi connectivity index (χ0) is 18.7. The van der Waals surface area contributed by atoms with Crippen LogP contribution in [0.1, 0.15) is 51.5 Å². The van der Waals surface area contributed by atoms with Gasteiger partial charge in [0.05, 0.1) is 6.04 Å². The van der Waals surface area contributed by atoms with E-state index < -0.39 is 17.7 Å². The molecule has 0 fully saturated rings. The second-order valence-corrected chi connectivity index (χ2v) is 7.56. The number of aryl methyl sites for hydroxylation is 2. The number of carbonyl (C=O) groups is 2. The first-order valence-electron chi connectivity index (χ1n) is 8.01. The van der Waals surface area contributed by atoms with E-state index in [1.54, 1.807) is 25.3 Å². The van der Waals surface area contributed by atoms with Crippen LogP contribution in [0.4, 0.5) is 8.78 Å². The van der Waals surface area contributed by atoms with Crippen LogP contribution in [0.15, 0.2) is 24.3 Å². The van der Waals surface area contributed by atoms with E-state index in [2.05, 4.69) is 0 Å². The van der Waals surface area contributed by atoms with E-state index in [0.717, 1.165) is 21.9 Å². The first kappa shape index (κ1) is 19.2. The monoisotopic (exact) mass is 365 g/mol. The first-order chi connectivity index (χ1) is 11.7. The smallest absolute Gasteiger partial charge is 0.223 e. The number of nitrogens with zero attached hydrogens (tertiary/aromatic N) is 1. The maximum Gasteiger partial charge on any atom is 0.223 e. The van der Waals surface area contributed by atoms with Crippen LogP contribution >= 0.6 is 11.3 Å². The minimum absolute atomic E-state index is 0.0518. The molecule has 2 aromatic rings. The van der Waals surface area contributed by atoms with Crippen LogP contribution in [-0.4, -0.2) is 23.6 Å². The van der Waals surface area contributed by atoms with Crippen LogP contribution in [0.3, 0.4) is 0 Å². The summed E-state index contributed by atoms with van der Waals surface area (Å²) >= 11 is 1.56.